The highest BCUT2D eigenvalue weighted by molar-refractivity contribution is 7.92. The number of hydrogen-bond donors (Lipinski definition) is 1. The quantitative estimate of drug-likeness (QED) is 0.774. The number of piperidine rings is 1. The summed E-state index contributed by atoms with van der Waals surface area (Å²) < 4.78 is 29.3. The fourth-order valence-electron chi connectivity index (χ4n) is 4.04. The minimum Gasteiger partial charge on any atom is -0.378 e. The summed E-state index contributed by atoms with van der Waals surface area (Å²) in [5.41, 5.74) is -0.161. The van der Waals surface area contributed by atoms with E-state index in [4.69, 9.17) is 4.74 Å². The van der Waals surface area contributed by atoms with Crippen molar-refractivity contribution in [1.82, 2.24) is 10.2 Å². The first-order valence-corrected chi connectivity index (χ1v) is 10.3. The van der Waals surface area contributed by atoms with Gasteiger partial charge in [0.05, 0.1) is 6.10 Å². The Hall–Kier alpha value is -0.370. The molecule has 142 valence electrons. The summed E-state index contributed by atoms with van der Waals surface area (Å²) in [4.78, 5) is 14.8. The summed E-state index contributed by atoms with van der Waals surface area (Å²) in [5.74, 6) is -0.255. The molecule has 1 saturated heterocycles. The van der Waals surface area contributed by atoms with Crippen molar-refractivity contribution in [1.29, 1.82) is 0 Å². The molecule has 0 bridgehead atoms. The smallest absolute Gasteiger partial charge is 0.244 e. The summed E-state index contributed by atoms with van der Waals surface area (Å²) in [6, 6.07) is 0.0139. The first kappa shape index (κ1) is 21.7. The molecular weight excluding hydrogens is 352 g/mol. The summed E-state index contributed by atoms with van der Waals surface area (Å²) >= 11 is 0. The van der Waals surface area contributed by atoms with Crippen LogP contribution >= 0.6 is 12.4 Å². The topological polar surface area (TPSA) is 75.7 Å². The summed E-state index contributed by atoms with van der Waals surface area (Å²) in [7, 11) is -1.73. The van der Waals surface area contributed by atoms with E-state index in [9.17, 15) is 13.2 Å². The van der Waals surface area contributed by atoms with Crippen molar-refractivity contribution in [3.05, 3.63) is 0 Å². The Kier molecular flexibility index (Phi) is 6.75. The highest BCUT2D eigenvalue weighted by Crippen LogP contribution is 2.46. The van der Waals surface area contributed by atoms with E-state index >= 15 is 0 Å². The van der Waals surface area contributed by atoms with Crippen LogP contribution in [-0.4, -0.2) is 69.1 Å². The molecule has 0 aromatic rings. The first-order valence-electron chi connectivity index (χ1n) is 8.37. The largest absolute Gasteiger partial charge is 0.378 e. The van der Waals surface area contributed by atoms with Gasteiger partial charge >= 0.3 is 0 Å². The number of carbonyl (C=O) groups excluding carboxylic acids is 1. The molecule has 24 heavy (non-hydrogen) atoms. The lowest BCUT2D eigenvalue weighted by Gasteiger charge is -2.56. The highest BCUT2D eigenvalue weighted by Gasteiger charge is 2.56. The number of halogens is 1. The Labute approximate surface area is 152 Å². The SMILES string of the molecule is CCOC1CC(N(C)C(=O)C2(S(C)(=O)=O)CCNCC2)C1(C)C.Cl. The van der Waals surface area contributed by atoms with Crippen molar-refractivity contribution in [3.63, 3.8) is 0 Å². The molecule has 6 nitrogen and oxygen atoms in total. The van der Waals surface area contributed by atoms with Crippen molar-refractivity contribution < 1.29 is 17.9 Å². The van der Waals surface area contributed by atoms with Gasteiger partial charge in [-0.05, 0) is 39.3 Å². The van der Waals surface area contributed by atoms with Crippen LogP contribution in [0.25, 0.3) is 0 Å². The number of ether oxygens (including phenoxy) is 1. The monoisotopic (exact) mass is 382 g/mol. The van der Waals surface area contributed by atoms with Crippen molar-refractivity contribution in [2.75, 3.05) is 33.0 Å². The Morgan fingerprint density at radius 1 is 1.29 bits per heavy atom. The molecule has 1 aliphatic carbocycles. The number of hydrogen-bond acceptors (Lipinski definition) is 5. The molecule has 2 aliphatic rings. The molecule has 0 aromatic carbocycles. The molecular formula is C16H31ClN2O4S. The number of rotatable bonds is 5. The Bertz CT molecular complexity index is 558. The molecule has 1 aliphatic heterocycles. The zero-order chi connectivity index (χ0) is 17.5. The zero-order valence-corrected chi connectivity index (χ0v) is 16.9. The van der Waals surface area contributed by atoms with Crippen molar-refractivity contribution in [3.8, 4) is 0 Å². The van der Waals surface area contributed by atoms with Gasteiger partial charge in [-0.15, -0.1) is 12.4 Å². The van der Waals surface area contributed by atoms with Crippen LogP contribution in [0, 0.1) is 5.41 Å². The summed E-state index contributed by atoms with van der Waals surface area (Å²) in [5, 5.41) is 3.15. The molecule has 1 saturated carbocycles. The molecule has 2 unspecified atom stereocenters. The van der Waals surface area contributed by atoms with Gasteiger partial charge < -0.3 is 15.0 Å². The molecule has 0 radical (unpaired) electrons. The highest BCUT2D eigenvalue weighted by atomic mass is 35.5. The van der Waals surface area contributed by atoms with Gasteiger partial charge in [-0.2, -0.15) is 0 Å². The van der Waals surface area contributed by atoms with Gasteiger partial charge in [0.1, 0.15) is 0 Å². The van der Waals surface area contributed by atoms with E-state index in [1.807, 2.05) is 6.92 Å². The Balaban J connectivity index is 0.00000288. The van der Waals surface area contributed by atoms with Gasteiger partial charge in [0, 0.05) is 31.4 Å². The molecule has 2 atom stereocenters. The van der Waals surface area contributed by atoms with Gasteiger partial charge in [0.2, 0.25) is 5.91 Å². The maximum atomic E-state index is 13.1. The number of sulfone groups is 1. The predicted octanol–water partition coefficient (Wildman–Crippen LogP) is 1.24. The van der Waals surface area contributed by atoms with E-state index in [2.05, 4.69) is 19.2 Å². The molecule has 1 heterocycles. The molecule has 1 N–H and O–H groups in total. The average Bonchev–Trinajstić information content (AvgIpc) is 2.49. The van der Waals surface area contributed by atoms with Crippen LogP contribution in [0.5, 0.6) is 0 Å². The standard InChI is InChI=1S/C16H30N2O4S.ClH/c1-6-22-13-11-12(15(13,2)3)18(4)14(19)16(23(5,20)21)7-9-17-10-8-16;/h12-13,17H,6-11H2,1-5H3;1H. The molecule has 8 heteroatoms. The fraction of sp³-hybridized carbons (Fsp3) is 0.938. The summed E-state index contributed by atoms with van der Waals surface area (Å²) in [6.07, 6.45) is 2.77. The predicted molar refractivity (Wildman–Crippen MR) is 97.3 cm³/mol. The molecule has 0 aromatic heterocycles. The van der Waals surface area contributed by atoms with Crippen LogP contribution in [0.1, 0.15) is 40.0 Å². The third kappa shape index (κ3) is 3.45. The van der Waals surface area contributed by atoms with E-state index in [1.54, 1.807) is 11.9 Å². The van der Waals surface area contributed by atoms with Crippen LogP contribution in [0.3, 0.4) is 0 Å². The van der Waals surface area contributed by atoms with Crippen LogP contribution < -0.4 is 5.32 Å². The average molecular weight is 383 g/mol. The minimum atomic E-state index is -3.47. The maximum absolute atomic E-state index is 13.1. The van der Waals surface area contributed by atoms with Crippen LogP contribution in [0.4, 0.5) is 0 Å². The Morgan fingerprint density at radius 3 is 2.25 bits per heavy atom. The zero-order valence-electron chi connectivity index (χ0n) is 15.3. The number of amides is 1. The van der Waals surface area contributed by atoms with Crippen LogP contribution in [0.15, 0.2) is 0 Å². The van der Waals surface area contributed by atoms with Gasteiger partial charge in [-0.3, -0.25) is 4.79 Å². The maximum Gasteiger partial charge on any atom is 0.244 e. The molecule has 2 fully saturated rings. The van der Waals surface area contributed by atoms with Gasteiger partial charge in [0.25, 0.3) is 0 Å². The number of nitrogens with zero attached hydrogens (tertiary/aromatic N) is 1. The van der Waals surface area contributed by atoms with Crippen LogP contribution in [-0.2, 0) is 19.4 Å². The second kappa shape index (κ2) is 7.48. The second-order valence-electron chi connectivity index (χ2n) is 7.45. The molecule has 0 spiro atoms. The van der Waals surface area contributed by atoms with Crippen LogP contribution in [0.2, 0.25) is 0 Å². The second-order valence-corrected chi connectivity index (χ2v) is 9.78. The van der Waals surface area contributed by atoms with E-state index in [0.717, 1.165) is 6.42 Å². The van der Waals surface area contributed by atoms with E-state index < -0.39 is 14.6 Å². The molecule has 1 amide bonds. The van der Waals surface area contributed by atoms with Crippen molar-refractivity contribution in [2.24, 2.45) is 5.41 Å². The lowest BCUT2D eigenvalue weighted by molar-refractivity contribution is -0.165. The van der Waals surface area contributed by atoms with Gasteiger partial charge in [-0.25, -0.2) is 8.42 Å². The van der Waals surface area contributed by atoms with Crippen molar-refractivity contribution in [2.45, 2.75) is 56.9 Å². The van der Waals surface area contributed by atoms with E-state index in [-0.39, 0.29) is 35.9 Å². The lowest BCUT2D eigenvalue weighted by atomic mass is 9.63. The normalized spacial score (nSPS) is 28.4. The first-order chi connectivity index (χ1) is 10.6. The third-order valence-electron chi connectivity index (χ3n) is 5.79. The van der Waals surface area contributed by atoms with Gasteiger partial charge in [-0.1, -0.05) is 13.8 Å². The fourth-order valence-corrected chi connectivity index (χ4v) is 5.45. The van der Waals surface area contributed by atoms with Crippen molar-refractivity contribution >= 4 is 28.2 Å². The number of nitrogens with one attached hydrogen (secondary N) is 1. The van der Waals surface area contributed by atoms with E-state index in [0.29, 0.717) is 32.5 Å². The number of carbonyl (C=O) groups is 1. The minimum absolute atomic E-state index is 0. The molecule has 2 rings (SSSR count). The lowest BCUT2D eigenvalue weighted by Crippen LogP contribution is -2.67. The Morgan fingerprint density at radius 2 is 1.83 bits per heavy atom. The van der Waals surface area contributed by atoms with E-state index in [1.165, 1.54) is 6.26 Å². The third-order valence-corrected chi connectivity index (χ3v) is 7.79. The van der Waals surface area contributed by atoms with Gasteiger partial charge in [0.15, 0.2) is 14.6 Å². The summed E-state index contributed by atoms with van der Waals surface area (Å²) in [6.45, 7) is 7.90.